The fourth-order valence-corrected chi connectivity index (χ4v) is 2.42. The lowest BCUT2D eigenvalue weighted by Crippen LogP contribution is -2.50. The number of nitro benzene ring substituents is 1. The van der Waals surface area contributed by atoms with Crippen molar-refractivity contribution in [1.82, 2.24) is 0 Å². The molecule has 0 amide bonds. The molecule has 0 bridgehead atoms. The molecule has 0 spiro atoms. The van der Waals surface area contributed by atoms with Crippen molar-refractivity contribution in [2.24, 2.45) is 5.73 Å². The highest BCUT2D eigenvalue weighted by Gasteiger charge is 2.46. The Hall–Kier alpha value is -1.46. The van der Waals surface area contributed by atoms with E-state index in [1.54, 1.807) is 18.2 Å². The summed E-state index contributed by atoms with van der Waals surface area (Å²) in [6, 6.07) is 6.62. The predicted octanol–water partition coefficient (Wildman–Crippen LogP) is 0.946. The molecule has 0 aromatic heterocycles. The Morgan fingerprint density at radius 3 is 2.62 bits per heavy atom. The maximum Gasteiger partial charge on any atom is 0.273 e. The molecule has 5 nitrogen and oxygen atoms in total. The number of hydrogen-bond acceptors (Lipinski definition) is 4. The van der Waals surface area contributed by atoms with Crippen LogP contribution in [0.2, 0.25) is 0 Å². The second-order valence-corrected chi connectivity index (χ2v) is 4.32. The van der Waals surface area contributed by atoms with E-state index in [-0.39, 0.29) is 11.8 Å². The Bertz CT molecular complexity index is 413. The van der Waals surface area contributed by atoms with Crippen LogP contribution in [0.1, 0.15) is 18.4 Å². The lowest BCUT2D eigenvalue weighted by molar-refractivity contribution is -0.386. The zero-order chi connectivity index (χ0) is 11.8. The largest absolute Gasteiger partial charge is 0.393 e. The van der Waals surface area contributed by atoms with Gasteiger partial charge in [-0.1, -0.05) is 18.2 Å². The van der Waals surface area contributed by atoms with E-state index in [2.05, 4.69) is 0 Å². The molecule has 0 radical (unpaired) electrons. The fraction of sp³-hybridized carbons (Fsp3) is 0.455. The summed E-state index contributed by atoms with van der Waals surface area (Å²) in [4.78, 5) is 10.5. The van der Waals surface area contributed by atoms with Crippen LogP contribution < -0.4 is 5.73 Å². The molecule has 1 aliphatic carbocycles. The average Bonchev–Trinajstić information content (AvgIpc) is 2.24. The molecule has 1 aromatic rings. The van der Waals surface area contributed by atoms with Gasteiger partial charge < -0.3 is 10.8 Å². The highest BCUT2D eigenvalue weighted by atomic mass is 16.6. The number of para-hydroxylation sites is 1. The van der Waals surface area contributed by atoms with E-state index < -0.39 is 10.3 Å². The Morgan fingerprint density at radius 2 is 2.12 bits per heavy atom. The molecule has 5 heteroatoms. The predicted molar refractivity (Wildman–Crippen MR) is 59.1 cm³/mol. The third-order valence-electron chi connectivity index (χ3n) is 3.32. The Morgan fingerprint density at radius 1 is 1.50 bits per heavy atom. The fourth-order valence-electron chi connectivity index (χ4n) is 2.42. The third kappa shape index (κ3) is 1.58. The van der Waals surface area contributed by atoms with Gasteiger partial charge in [-0.05, 0) is 12.8 Å². The number of aliphatic hydroxyl groups is 1. The molecule has 1 saturated carbocycles. The highest BCUT2D eigenvalue weighted by molar-refractivity contribution is 5.47. The molecule has 1 fully saturated rings. The Balaban J connectivity index is 2.43. The zero-order valence-corrected chi connectivity index (χ0v) is 8.80. The van der Waals surface area contributed by atoms with E-state index >= 15 is 0 Å². The van der Waals surface area contributed by atoms with Crippen LogP contribution in [-0.4, -0.2) is 22.7 Å². The summed E-state index contributed by atoms with van der Waals surface area (Å²) in [6.45, 7) is 0.328. The summed E-state index contributed by atoms with van der Waals surface area (Å²) < 4.78 is 0. The average molecular weight is 222 g/mol. The number of hydrogen-bond donors (Lipinski definition) is 2. The summed E-state index contributed by atoms with van der Waals surface area (Å²) in [5.41, 5.74) is 6.03. The monoisotopic (exact) mass is 222 g/mol. The maximum absolute atomic E-state index is 10.9. The molecule has 1 aliphatic rings. The number of rotatable bonds is 3. The number of benzene rings is 1. The van der Waals surface area contributed by atoms with Crippen LogP contribution in [0.25, 0.3) is 0 Å². The van der Waals surface area contributed by atoms with Crippen molar-refractivity contribution in [3.63, 3.8) is 0 Å². The van der Waals surface area contributed by atoms with Crippen LogP contribution in [0.5, 0.6) is 0 Å². The van der Waals surface area contributed by atoms with E-state index in [1.165, 1.54) is 6.07 Å². The number of nitrogens with zero attached hydrogens (tertiary/aromatic N) is 1. The second-order valence-electron chi connectivity index (χ2n) is 4.32. The van der Waals surface area contributed by atoms with E-state index in [9.17, 15) is 15.2 Å². The standard InChI is InChI=1S/C11H14N2O3/c12-7-11(5-8(14)6-11)9-3-1-2-4-10(9)13(15)16/h1-4,8,14H,5-7,12H2. The molecule has 86 valence electrons. The highest BCUT2D eigenvalue weighted by Crippen LogP contribution is 2.46. The molecular formula is C11H14N2O3. The maximum atomic E-state index is 10.9. The number of aliphatic hydroxyl groups excluding tert-OH is 1. The van der Waals surface area contributed by atoms with Crippen molar-refractivity contribution in [1.29, 1.82) is 0 Å². The summed E-state index contributed by atoms with van der Waals surface area (Å²) in [6.07, 6.45) is 0.631. The van der Waals surface area contributed by atoms with Crippen LogP contribution in [-0.2, 0) is 5.41 Å². The van der Waals surface area contributed by atoms with Crippen LogP contribution >= 0.6 is 0 Å². The van der Waals surface area contributed by atoms with Crippen molar-refractivity contribution in [2.45, 2.75) is 24.4 Å². The van der Waals surface area contributed by atoms with Crippen molar-refractivity contribution in [2.75, 3.05) is 6.54 Å². The van der Waals surface area contributed by atoms with Gasteiger partial charge in [0, 0.05) is 23.6 Å². The first-order chi connectivity index (χ1) is 7.59. The minimum Gasteiger partial charge on any atom is -0.393 e. The van der Waals surface area contributed by atoms with Gasteiger partial charge in [0.25, 0.3) is 5.69 Å². The van der Waals surface area contributed by atoms with E-state index in [4.69, 9.17) is 5.73 Å². The molecular weight excluding hydrogens is 208 g/mol. The first-order valence-electron chi connectivity index (χ1n) is 5.21. The zero-order valence-electron chi connectivity index (χ0n) is 8.80. The van der Waals surface area contributed by atoms with Gasteiger partial charge in [-0.25, -0.2) is 0 Å². The van der Waals surface area contributed by atoms with Gasteiger partial charge in [0.1, 0.15) is 0 Å². The summed E-state index contributed by atoms with van der Waals surface area (Å²) >= 11 is 0. The summed E-state index contributed by atoms with van der Waals surface area (Å²) in [5, 5.41) is 20.3. The minimum absolute atomic E-state index is 0.0971. The van der Waals surface area contributed by atoms with Crippen LogP contribution in [0, 0.1) is 10.1 Å². The normalized spacial score (nSPS) is 28.5. The van der Waals surface area contributed by atoms with Gasteiger partial charge in [-0.15, -0.1) is 0 Å². The van der Waals surface area contributed by atoms with Crippen LogP contribution in [0.3, 0.4) is 0 Å². The quantitative estimate of drug-likeness (QED) is 0.588. The van der Waals surface area contributed by atoms with Crippen LogP contribution in [0.4, 0.5) is 5.69 Å². The molecule has 0 saturated heterocycles. The molecule has 3 N–H and O–H groups in total. The van der Waals surface area contributed by atoms with E-state index in [1.807, 2.05) is 0 Å². The van der Waals surface area contributed by atoms with Gasteiger partial charge in [0.2, 0.25) is 0 Å². The third-order valence-corrected chi connectivity index (χ3v) is 3.32. The molecule has 16 heavy (non-hydrogen) atoms. The van der Waals surface area contributed by atoms with Crippen molar-refractivity contribution < 1.29 is 10.0 Å². The summed E-state index contributed by atoms with van der Waals surface area (Å²) in [5.74, 6) is 0. The van der Waals surface area contributed by atoms with Crippen molar-refractivity contribution >= 4 is 5.69 Å². The van der Waals surface area contributed by atoms with E-state index in [0.29, 0.717) is 24.9 Å². The molecule has 0 heterocycles. The van der Waals surface area contributed by atoms with Gasteiger partial charge in [0.05, 0.1) is 11.0 Å². The van der Waals surface area contributed by atoms with Crippen molar-refractivity contribution in [3.05, 3.63) is 39.9 Å². The lowest BCUT2D eigenvalue weighted by Gasteiger charge is -2.44. The number of nitrogens with two attached hydrogens (primary N) is 1. The Kier molecular flexibility index (Phi) is 2.65. The molecule has 1 aromatic carbocycles. The molecule has 0 aliphatic heterocycles. The SMILES string of the molecule is NCC1(c2ccccc2[N+](=O)[O-])CC(O)C1. The van der Waals surface area contributed by atoms with Crippen LogP contribution in [0.15, 0.2) is 24.3 Å². The Labute approximate surface area is 93.0 Å². The molecule has 0 atom stereocenters. The van der Waals surface area contributed by atoms with Gasteiger partial charge in [0.15, 0.2) is 0 Å². The smallest absolute Gasteiger partial charge is 0.273 e. The van der Waals surface area contributed by atoms with Gasteiger partial charge >= 0.3 is 0 Å². The summed E-state index contributed by atoms with van der Waals surface area (Å²) in [7, 11) is 0. The first-order valence-corrected chi connectivity index (χ1v) is 5.21. The van der Waals surface area contributed by atoms with E-state index in [0.717, 1.165) is 0 Å². The lowest BCUT2D eigenvalue weighted by atomic mass is 9.62. The van der Waals surface area contributed by atoms with Crippen molar-refractivity contribution in [3.8, 4) is 0 Å². The molecule has 2 rings (SSSR count). The van der Waals surface area contributed by atoms with Gasteiger partial charge in [-0.2, -0.15) is 0 Å². The topological polar surface area (TPSA) is 89.4 Å². The first kappa shape index (κ1) is 11.0. The molecule has 0 unspecified atom stereocenters. The number of nitro groups is 1. The van der Waals surface area contributed by atoms with Gasteiger partial charge in [-0.3, -0.25) is 10.1 Å². The second kappa shape index (κ2) is 3.84. The minimum atomic E-state index is -0.414.